The summed E-state index contributed by atoms with van der Waals surface area (Å²) in [4.78, 5) is 11.7. The predicted octanol–water partition coefficient (Wildman–Crippen LogP) is 2.31. The van der Waals surface area contributed by atoms with E-state index in [-0.39, 0.29) is 12.6 Å². The molecule has 0 radical (unpaired) electrons. The number of amides is 1. The lowest BCUT2D eigenvalue weighted by molar-refractivity contribution is -0.140. The molecule has 7 heteroatoms. The normalized spacial score (nSPS) is 16.9. The molecule has 0 aromatic heterocycles. The molecule has 0 bridgehead atoms. The van der Waals surface area contributed by atoms with Gasteiger partial charge in [-0.2, -0.15) is 13.2 Å². The van der Waals surface area contributed by atoms with Crippen LogP contribution in [0.2, 0.25) is 0 Å². The molecule has 1 saturated carbocycles. The predicted molar refractivity (Wildman–Crippen MR) is 64.4 cm³/mol. The third-order valence-electron chi connectivity index (χ3n) is 3.27. The second-order valence-electron chi connectivity index (χ2n) is 4.88. The van der Waals surface area contributed by atoms with Gasteiger partial charge in [0.25, 0.3) is 5.91 Å². The fourth-order valence-corrected chi connectivity index (χ4v) is 1.92. The Balaban J connectivity index is 2.09. The molecule has 1 unspecified atom stereocenters. The molecule has 0 spiro atoms. The van der Waals surface area contributed by atoms with Crippen molar-refractivity contribution in [1.29, 1.82) is 0 Å². The minimum Gasteiger partial charge on any atom is -0.350 e. The highest BCUT2D eigenvalue weighted by Gasteiger charge is 2.36. The highest BCUT2D eigenvalue weighted by molar-refractivity contribution is 5.94. The van der Waals surface area contributed by atoms with Gasteiger partial charge in [-0.15, -0.1) is 0 Å². The number of hydrogen-bond acceptors (Lipinski definition) is 2. The molecule has 3 N–H and O–H groups in total. The number of alkyl halides is 3. The lowest BCUT2D eigenvalue weighted by Crippen LogP contribution is -2.39. The van der Waals surface area contributed by atoms with Crippen molar-refractivity contribution in [3.8, 4) is 0 Å². The molecule has 1 aliphatic rings. The first-order chi connectivity index (χ1) is 9.30. The molecule has 1 fully saturated rings. The fraction of sp³-hybridized carbons (Fsp3) is 0.462. The van der Waals surface area contributed by atoms with Crippen molar-refractivity contribution >= 4 is 5.91 Å². The Bertz CT molecular complexity index is 512. The number of hydrogen-bond donors (Lipinski definition) is 2. The molecular formula is C13H14F4N2O. The largest absolute Gasteiger partial charge is 0.419 e. The van der Waals surface area contributed by atoms with Crippen LogP contribution in [-0.2, 0) is 6.18 Å². The van der Waals surface area contributed by atoms with E-state index in [0.717, 1.165) is 25.0 Å². The van der Waals surface area contributed by atoms with E-state index in [4.69, 9.17) is 5.73 Å². The Kier molecular flexibility index (Phi) is 3.99. The van der Waals surface area contributed by atoms with Crippen molar-refractivity contribution in [1.82, 2.24) is 5.32 Å². The summed E-state index contributed by atoms with van der Waals surface area (Å²) in [6.45, 7) is 0.124. The van der Waals surface area contributed by atoms with Gasteiger partial charge in [0.2, 0.25) is 0 Å². The molecule has 110 valence electrons. The van der Waals surface area contributed by atoms with Crippen molar-refractivity contribution < 1.29 is 22.4 Å². The molecule has 20 heavy (non-hydrogen) atoms. The van der Waals surface area contributed by atoms with Gasteiger partial charge in [0.1, 0.15) is 5.82 Å². The molecular weight excluding hydrogens is 276 g/mol. The number of nitrogens with one attached hydrogen (secondary N) is 1. The van der Waals surface area contributed by atoms with E-state index in [1.54, 1.807) is 0 Å². The number of nitrogens with two attached hydrogens (primary N) is 1. The van der Waals surface area contributed by atoms with E-state index in [2.05, 4.69) is 5.32 Å². The van der Waals surface area contributed by atoms with Crippen molar-refractivity contribution in [2.45, 2.75) is 25.1 Å². The van der Waals surface area contributed by atoms with E-state index >= 15 is 0 Å². The number of benzene rings is 1. The zero-order valence-corrected chi connectivity index (χ0v) is 10.5. The van der Waals surface area contributed by atoms with Crippen LogP contribution in [0.3, 0.4) is 0 Å². The highest BCUT2D eigenvalue weighted by atomic mass is 19.4. The summed E-state index contributed by atoms with van der Waals surface area (Å²) in [6.07, 6.45) is -2.87. The smallest absolute Gasteiger partial charge is 0.350 e. The molecule has 1 aliphatic carbocycles. The topological polar surface area (TPSA) is 55.1 Å². The van der Waals surface area contributed by atoms with Gasteiger partial charge < -0.3 is 11.1 Å². The van der Waals surface area contributed by atoms with Gasteiger partial charge in [0.05, 0.1) is 11.1 Å². The van der Waals surface area contributed by atoms with Crippen LogP contribution in [0.15, 0.2) is 18.2 Å². The molecule has 3 nitrogen and oxygen atoms in total. The van der Waals surface area contributed by atoms with Crippen LogP contribution >= 0.6 is 0 Å². The average Bonchev–Trinajstić information content (AvgIpc) is 3.18. The Morgan fingerprint density at radius 1 is 1.40 bits per heavy atom. The molecule has 0 heterocycles. The number of carbonyl (C=O) groups excluding carboxylic acids is 1. The maximum atomic E-state index is 13.7. The number of rotatable bonds is 4. The Morgan fingerprint density at radius 2 is 2.05 bits per heavy atom. The van der Waals surface area contributed by atoms with Gasteiger partial charge in [0.15, 0.2) is 0 Å². The third-order valence-corrected chi connectivity index (χ3v) is 3.27. The summed E-state index contributed by atoms with van der Waals surface area (Å²) in [5, 5.41) is 2.37. The molecule has 1 aromatic carbocycles. The molecule has 2 rings (SSSR count). The van der Waals surface area contributed by atoms with Crippen LogP contribution in [0.1, 0.15) is 28.8 Å². The highest BCUT2D eigenvalue weighted by Crippen LogP contribution is 2.33. The maximum Gasteiger partial charge on any atom is 0.419 e. The van der Waals surface area contributed by atoms with Crippen LogP contribution in [0, 0.1) is 11.7 Å². The maximum absolute atomic E-state index is 13.7. The first-order valence-corrected chi connectivity index (χ1v) is 6.20. The van der Waals surface area contributed by atoms with Crippen LogP contribution in [0.25, 0.3) is 0 Å². The van der Waals surface area contributed by atoms with Crippen LogP contribution in [0.5, 0.6) is 0 Å². The average molecular weight is 290 g/mol. The summed E-state index contributed by atoms with van der Waals surface area (Å²) in [5.74, 6) is -2.11. The van der Waals surface area contributed by atoms with E-state index in [9.17, 15) is 22.4 Å². The van der Waals surface area contributed by atoms with Gasteiger partial charge in [-0.25, -0.2) is 4.39 Å². The van der Waals surface area contributed by atoms with E-state index < -0.39 is 29.0 Å². The van der Waals surface area contributed by atoms with E-state index in [0.29, 0.717) is 12.0 Å². The standard InChI is InChI=1S/C13H14F4N2O/c14-11-8(2-1-3-9(11)13(15,16)17)12(20)19-6-10(18)7-4-5-7/h1-3,7,10H,4-6,18H2,(H,19,20). The van der Waals surface area contributed by atoms with Crippen LogP contribution in [-0.4, -0.2) is 18.5 Å². The first-order valence-electron chi connectivity index (χ1n) is 6.20. The Hall–Kier alpha value is -1.63. The van der Waals surface area contributed by atoms with Gasteiger partial charge in [-0.05, 0) is 30.9 Å². The van der Waals surface area contributed by atoms with Crippen LogP contribution in [0.4, 0.5) is 17.6 Å². The van der Waals surface area contributed by atoms with Crippen molar-refractivity contribution in [3.05, 3.63) is 35.1 Å². The molecule has 0 aliphatic heterocycles. The van der Waals surface area contributed by atoms with Crippen molar-refractivity contribution in [2.75, 3.05) is 6.54 Å². The van der Waals surface area contributed by atoms with Gasteiger partial charge in [-0.1, -0.05) is 6.07 Å². The zero-order chi connectivity index (χ0) is 14.9. The lowest BCUT2D eigenvalue weighted by atomic mass is 10.1. The second-order valence-corrected chi connectivity index (χ2v) is 4.88. The minimum absolute atomic E-state index is 0.124. The zero-order valence-electron chi connectivity index (χ0n) is 10.5. The fourth-order valence-electron chi connectivity index (χ4n) is 1.92. The van der Waals surface area contributed by atoms with Gasteiger partial charge >= 0.3 is 6.18 Å². The minimum atomic E-state index is -4.83. The molecule has 1 atom stereocenters. The van der Waals surface area contributed by atoms with Gasteiger partial charge in [0, 0.05) is 12.6 Å². The quantitative estimate of drug-likeness (QED) is 0.836. The number of halogens is 4. The summed E-state index contributed by atoms with van der Waals surface area (Å²) >= 11 is 0. The Labute approximate surface area is 113 Å². The van der Waals surface area contributed by atoms with Crippen molar-refractivity contribution in [2.24, 2.45) is 11.7 Å². The summed E-state index contributed by atoms with van der Waals surface area (Å²) in [7, 11) is 0. The monoisotopic (exact) mass is 290 g/mol. The number of carbonyl (C=O) groups is 1. The van der Waals surface area contributed by atoms with E-state index in [1.807, 2.05) is 0 Å². The summed E-state index contributed by atoms with van der Waals surface area (Å²) < 4.78 is 51.3. The van der Waals surface area contributed by atoms with E-state index in [1.165, 1.54) is 0 Å². The molecule has 0 saturated heterocycles. The lowest BCUT2D eigenvalue weighted by Gasteiger charge is -2.13. The molecule has 1 amide bonds. The third kappa shape index (κ3) is 3.27. The SMILES string of the molecule is NC(CNC(=O)c1cccc(C(F)(F)F)c1F)C1CC1. The van der Waals surface area contributed by atoms with Gasteiger partial charge in [-0.3, -0.25) is 4.79 Å². The Morgan fingerprint density at radius 3 is 2.60 bits per heavy atom. The summed E-state index contributed by atoms with van der Waals surface area (Å²) in [5.41, 5.74) is 3.68. The second kappa shape index (κ2) is 5.40. The first kappa shape index (κ1) is 14.8. The van der Waals surface area contributed by atoms with Crippen LogP contribution < -0.4 is 11.1 Å². The molecule has 1 aromatic rings. The summed E-state index contributed by atoms with van der Waals surface area (Å²) in [6, 6.07) is 2.37. The van der Waals surface area contributed by atoms with Crippen molar-refractivity contribution in [3.63, 3.8) is 0 Å².